The minimum absolute atomic E-state index is 0.144. The Balaban J connectivity index is 1.88. The van der Waals surface area contributed by atoms with Gasteiger partial charge in [0.15, 0.2) is 17.3 Å². The van der Waals surface area contributed by atoms with Gasteiger partial charge in [0.05, 0.1) is 25.9 Å². The lowest BCUT2D eigenvalue weighted by Crippen LogP contribution is -2.03. The van der Waals surface area contributed by atoms with Gasteiger partial charge in [0.1, 0.15) is 11.5 Å². The van der Waals surface area contributed by atoms with Gasteiger partial charge < -0.3 is 19.3 Å². The van der Waals surface area contributed by atoms with Crippen LogP contribution in [0.1, 0.15) is 22.3 Å². The summed E-state index contributed by atoms with van der Waals surface area (Å²) < 4.78 is 16.2. The second-order valence-electron chi connectivity index (χ2n) is 5.40. The van der Waals surface area contributed by atoms with E-state index in [4.69, 9.17) is 14.2 Å². The van der Waals surface area contributed by atoms with Crippen molar-refractivity contribution in [1.29, 1.82) is 0 Å². The van der Waals surface area contributed by atoms with Crippen LogP contribution in [0.4, 0.5) is 0 Å². The maximum absolute atomic E-state index is 12.6. The summed E-state index contributed by atoms with van der Waals surface area (Å²) in [6, 6.07) is 9.80. The molecule has 2 aromatic carbocycles. The molecule has 0 atom stereocenters. The summed E-state index contributed by atoms with van der Waals surface area (Å²) in [6.07, 6.45) is 0.809. The highest BCUT2D eigenvalue weighted by Gasteiger charge is 2.19. The number of fused-ring (bicyclic) bond motifs is 1. The van der Waals surface area contributed by atoms with E-state index >= 15 is 0 Å². The van der Waals surface area contributed by atoms with Crippen LogP contribution in [0.5, 0.6) is 23.0 Å². The summed E-state index contributed by atoms with van der Waals surface area (Å²) in [5.41, 5.74) is 1.07. The van der Waals surface area contributed by atoms with Crippen LogP contribution in [0.15, 0.2) is 43.0 Å². The predicted octanol–water partition coefficient (Wildman–Crippen LogP) is 3.46. The number of aromatic hydroxyl groups is 1. The lowest BCUT2D eigenvalue weighted by atomic mass is 9.97. The van der Waals surface area contributed by atoms with Crippen molar-refractivity contribution in [2.45, 2.75) is 6.42 Å². The Morgan fingerprint density at radius 3 is 2.58 bits per heavy atom. The van der Waals surface area contributed by atoms with Crippen molar-refractivity contribution in [3.63, 3.8) is 0 Å². The second kappa shape index (κ2) is 6.66. The number of benzene rings is 2. The van der Waals surface area contributed by atoms with E-state index in [-0.39, 0.29) is 22.7 Å². The first-order valence-corrected chi connectivity index (χ1v) is 7.61. The van der Waals surface area contributed by atoms with Crippen LogP contribution in [0, 0.1) is 0 Å². The molecule has 0 radical (unpaired) electrons. The molecule has 0 aliphatic carbocycles. The third-order valence-corrected chi connectivity index (χ3v) is 3.82. The zero-order chi connectivity index (χ0) is 17.1. The van der Waals surface area contributed by atoms with E-state index in [0.29, 0.717) is 36.0 Å². The Morgan fingerprint density at radius 2 is 1.88 bits per heavy atom. The fraction of sp³-hybridized carbons (Fsp3) is 0.211. The molecule has 0 spiro atoms. The molecule has 1 N–H and O–H groups in total. The third-order valence-electron chi connectivity index (χ3n) is 3.82. The molecule has 24 heavy (non-hydrogen) atoms. The van der Waals surface area contributed by atoms with Crippen molar-refractivity contribution >= 4 is 11.4 Å². The normalized spacial score (nSPS) is 13.0. The number of carbonyl (C=O) groups excluding carboxylic acids is 1. The number of hydrogen-bond donors (Lipinski definition) is 1. The summed E-state index contributed by atoms with van der Waals surface area (Å²) >= 11 is 0. The Bertz CT molecular complexity index is 794. The fourth-order valence-electron chi connectivity index (χ4n) is 2.48. The number of phenolic OH excluding ortho intramolecular Hbond substituents is 1. The minimum atomic E-state index is -0.357. The Hall–Kier alpha value is -2.95. The SMILES string of the molecule is C=C(C(=O)c1ccc(OC)cc1O)c1ccc2c(c1)OCCCO2. The molecule has 0 saturated carbocycles. The van der Waals surface area contributed by atoms with Gasteiger partial charge in [-0.25, -0.2) is 0 Å². The van der Waals surface area contributed by atoms with Crippen LogP contribution in [0.25, 0.3) is 5.57 Å². The first-order valence-electron chi connectivity index (χ1n) is 7.61. The zero-order valence-electron chi connectivity index (χ0n) is 13.4. The number of ketones is 1. The van der Waals surface area contributed by atoms with Crippen LogP contribution in [0.3, 0.4) is 0 Å². The van der Waals surface area contributed by atoms with E-state index in [1.807, 2.05) is 0 Å². The number of Topliss-reactive ketones (excluding diaryl/α,β-unsaturated/α-hetero) is 1. The highest BCUT2D eigenvalue weighted by molar-refractivity contribution is 6.29. The number of allylic oxidation sites excluding steroid dienone is 1. The number of carbonyl (C=O) groups is 1. The smallest absolute Gasteiger partial charge is 0.196 e. The van der Waals surface area contributed by atoms with Gasteiger partial charge in [-0.2, -0.15) is 0 Å². The molecular weight excluding hydrogens is 308 g/mol. The summed E-state index contributed by atoms with van der Waals surface area (Å²) in [7, 11) is 1.49. The molecule has 0 unspecified atom stereocenters. The van der Waals surface area contributed by atoms with Crippen LogP contribution >= 0.6 is 0 Å². The summed E-state index contributed by atoms with van der Waals surface area (Å²) in [5.74, 6) is 1.23. The molecule has 1 aliphatic heterocycles. The van der Waals surface area contributed by atoms with Crippen molar-refractivity contribution in [3.05, 3.63) is 54.1 Å². The molecule has 1 aliphatic rings. The minimum Gasteiger partial charge on any atom is -0.507 e. The van der Waals surface area contributed by atoms with E-state index < -0.39 is 0 Å². The maximum atomic E-state index is 12.6. The topological polar surface area (TPSA) is 65.0 Å². The molecule has 124 valence electrons. The van der Waals surface area contributed by atoms with Crippen molar-refractivity contribution in [2.24, 2.45) is 0 Å². The highest BCUT2D eigenvalue weighted by Crippen LogP contribution is 2.34. The monoisotopic (exact) mass is 326 g/mol. The molecule has 0 aromatic heterocycles. The molecule has 0 bridgehead atoms. The maximum Gasteiger partial charge on any atom is 0.196 e. The van der Waals surface area contributed by atoms with Crippen molar-refractivity contribution in [1.82, 2.24) is 0 Å². The first-order chi connectivity index (χ1) is 11.6. The molecule has 1 heterocycles. The second-order valence-corrected chi connectivity index (χ2v) is 5.40. The van der Waals surface area contributed by atoms with E-state index in [1.165, 1.54) is 19.2 Å². The fourth-order valence-corrected chi connectivity index (χ4v) is 2.48. The molecule has 3 rings (SSSR count). The standard InChI is InChI=1S/C19H18O5/c1-12(19(21)15-6-5-14(22-2)11-16(15)20)13-4-7-17-18(10-13)24-9-3-8-23-17/h4-7,10-11,20H,1,3,8-9H2,2H3. The highest BCUT2D eigenvalue weighted by atomic mass is 16.5. The Kier molecular flexibility index (Phi) is 4.42. The van der Waals surface area contributed by atoms with Crippen LogP contribution in [0.2, 0.25) is 0 Å². The van der Waals surface area contributed by atoms with Gasteiger partial charge in [-0.05, 0) is 29.8 Å². The van der Waals surface area contributed by atoms with Gasteiger partial charge >= 0.3 is 0 Å². The van der Waals surface area contributed by atoms with E-state index in [9.17, 15) is 9.90 Å². The Morgan fingerprint density at radius 1 is 1.12 bits per heavy atom. The van der Waals surface area contributed by atoms with E-state index in [2.05, 4.69) is 6.58 Å². The third kappa shape index (κ3) is 3.06. The lowest BCUT2D eigenvalue weighted by molar-refractivity contribution is 0.105. The first kappa shape index (κ1) is 15.9. The number of rotatable bonds is 4. The number of phenols is 1. The van der Waals surface area contributed by atoms with E-state index in [0.717, 1.165) is 6.42 Å². The average molecular weight is 326 g/mol. The van der Waals surface area contributed by atoms with Crippen molar-refractivity contribution in [3.8, 4) is 23.0 Å². The molecule has 0 fully saturated rings. The number of methoxy groups -OCH3 is 1. The molecule has 0 saturated heterocycles. The van der Waals surface area contributed by atoms with Crippen LogP contribution in [-0.4, -0.2) is 31.2 Å². The van der Waals surface area contributed by atoms with Gasteiger partial charge in [0.25, 0.3) is 0 Å². The van der Waals surface area contributed by atoms with Gasteiger partial charge in [-0.15, -0.1) is 0 Å². The summed E-state index contributed by atoms with van der Waals surface area (Å²) in [4.78, 5) is 12.6. The Labute approximate surface area is 140 Å². The van der Waals surface area contributed by atoms with Crippen molar-refractivity contribution < 1.29 is 24.1 Å². The molecule has 0 amide bonds. The predicted molar refractivity (Wildman–Crippen MR) is 90.1 cm³/mol. The summed E-state index contributed by atoms with van der Waals surface area (Å²) in [5, 5.41) is 10.0. The summed E-state index contributed by atoms with van der Waals surface area (Å²) in [6.45, 7) is 5.04. The molecule has 5 heteroatoms. The van der Waals surface area contributed by atoms with Crippen molar-refractivity contribution in [2.75, 3.05) is 20.3 Å². The van der Waals surface area contributed by atoms with Gasteiger partial charge in [-0.3, -0.25) is 4.79 Å². The number of hydrogen-bond acceptors (Lipinski definition) is 5. The molecule has 2 aromatic rings. The molecule has 5 nitrogen and oxygen atoms in total. The van der Waals surface area contributed by atoms with Crippen LogP contribution in [-0.2, 0) is 0 Å². The van der Waals surface area contributed by atoms with Gasteiger partial charge in [0.2, 0.25) is 0 Å². The number of ether oxygens (including phenoxy) is 3. The van der Waals surface area contributed by atoms with Gasteiger partial charge in [-0.1, -0.05) is 12.6 Å². The van der Waals surface area contributed by atoms with Gasteiger partial charge in [0, 0.05) is 18.1 Å². The average Bonchev–Trinajstić information content (AvgIpc) is 2.85. The van der Waals surface area contributed by atoms with Crippen LogP contribution < -0.4 is 14.2 Å². The lowest BCUT2D eigenvalue weighted by Gasteiger charge is -2.11. The van der Waals surface area contributed by atoms with E-state index in [1.54, 1.807) is 24.3 Å². The largest absolute Gasteiger partial charge is 0.507 e. The quantitative estimate of drug-likeness (QED) is 0.688. The zero-order valence-corrected chi connectivity index (χ0v) is 13.4. The molecular formula is C19H18O5.